The molecule has 0 aliphatic heterocycles. The van der Waals surface area contributed by atoms with Gasteiger partial charge in [0.15, 0.2) is 11.5 Å². The van der Waals surface area contributed by atoms with Crippen molar-refractivity contribution in [2.24, 2.45) is 0 Å². The third-order valence-corrected chi connectivity index (χ3v) is 5.47. The van der Waals surface area contributed by atoms with Gasteiger partial charge in [-0.25, -0.2) is 4.98 Å². The highest BCUT2D eigenvalue weighted by atomic mass is 35.5. The maximum absolute atomic E-state index is 13.1. The lowest BCUT2D eigenvalue weighted by atomic mass is 10.0. The van der Waals surface area contributed by atoms with Crippen LogP contribution in [0.1, 0.15) is 15.9 Å². The van der Waals surface area contributed by atoms with E-state index in [0.29, 0.717) is 35.1 Å². The summed E-state index contributed by atoms with van der Waals surface area (Å²) in [5, 5.41) is 4.31. The maximum Gasteiger partial charge on any atom is 0.252 e. The number of nitrogens with zero attached hydrogens (tertiary/aromatic N) is 1. The van der Waals surface area contributed by atoms with Crippen LogP contribution in [0.25, 0.3) is 22.2 Å². The number of methoxy groups -OCH3 is 2. The van der Waals surface area contributed by atoms with E-state index in [0.717, 1.165) is 27.7 Å². The molecule has 0 unspecified atom stereocenters. The van der Waals surface area contributed by atoms with Crippen LogP contribution in [-0.2, 0) is 6.42 Å². The average Bonchev–Trinajstić information content (AvgIpc) is 2.83. The first-order chi connectivity index (χ1) is 15.6. The topological polar surface area (TPSA) is 60.5 Å². The van der Waals surface area contributed by atoms with E-state index in [4.69, 9.17) is 26.1 Å². The number of halogens is 1. The lowest BCUT2D eigenvalue weighted by Crippen LogP contribution is -2.26. The largest absolute Gasteiger partial charge is 0.493 e. The molecule has 1 N–H and O–H groups in total. The molecule has 4 rings (SSSR count). The van der Waals surface area contributed by atoms with Crippen LogP contribution in [0.15, 0.2) is 72.8 Å². The van der Waals surface area contributed by atoms with Crippen molar-refractivity contribution in [3.8, 4) is 22.8 Å². The smallest absolute Gasteiger partial charge is 0.252 e. The van der Waals surface area contributed by atoms with Crippen molar-refractivity contribution in [3.05, 3.63) is 88.9 Å². The summed E-state index contributed by atoms with van der Waals surface area (Å²) in [5.41, 5.74) is 3.99. The number of rotatable bonds is 7. The van der Waals surface area contributed by atoms with Crippen molar-refractivity contribution in [2.45, 2.75) is 6.42 Å². The predicted octanol–water partition coefficient (Wildman–Crippen LogP) is 5.54. The van der Waals surface area contributed by atoms with Gasteiger partial charge in [-0.2, -0.15) is 0 Å². The molecular weight excluding hydrogens is 424 g/mol. The molecule has 3 aromatic carbocycles. The van der Waals surface area contributed by atoms with Crippen molar-refractivity contribution in [1.82, 2.24) is 10.3 Å². The van der Waals surface area contributed by atoms with Crippen LogP contribution in [0.2, 0.25) is 5.02 Å². The number of fused-ring (bicyclic) bond motifs is 1. The zero-order valence-corrected chi connectivity index (χ0v) is 18.6. The number of aromatic nitrogens is 1. The summed E-state index contributed by atoms with van der Waals surface area (Å²) in [5.74, 6) is 1.17. The van der Waals surface area contributed by atoms with Crippen molar-refractivity contribution in [3.63, 3.8) is 0 Å². The lowest BCUT2D eigenvalue weighted by Gasteiger charge is -2.12. The van der Waals surface area contributed by atoms with Gasteiger partial charge in [0.1, 0.15) is 0 Å². The zero-order valence-electron chi connectivity index (χ0n) is 17.9. The SMILES string of the molecule is COc1ccc(CCNC(=O)c2cc(-c3ccccc3)nc3ccc(Cl)cc23)cc1OC. The number of carbonyl (C=O) groups excluding carboxylic acids is 1. The van der Waals surface area contributed by atoms with E-state index in [1.54, 1.807) is 26.4 Å². The molecule has 0 spiro atoms. The molecule has 0 bridgehead atoms. The maximum atomic E-state index is 13.1. The first-order valence-corrected chi connectivity index (χ1v) is 10.6. The summed E-state index contributed by atoms with van der Waals surface area (Å²) in [7, 11) is 3.21. The summed E-state index contributed by atoms with van der Waals surface area (Å²) in [6.45, 7) is 0.472. The minimum Gasteiger partial charge on any atom is -0.493 e. The Morgan fingerprint density at radius 2 is 1.72 bits per heavy atom. The van der Waals surface area contributed by atoms with Crippen molar-refractivity contribution in [1.29, 1.82) is 0 Å². The van der Waals surface area contributed by atoms with E-state index in [1.165, 1.54) is 0 Å². The van der Waals surface area contributed by atoms with Crippen molar-refractivity contribution in [2.75, 3.05) is 20.8 Å². The van der Waals surface area contributed by atoms with Gasteiger partial charge in [0.25, 0.3) is 5.91 Å². The van der Waals surface area contributed by atoms with Gasteiger partial charge >= 0.3 is 0 Å². The average molecular weight is 447 g/mol. The van der Waals surface area contributed by atoms with Gasteiger partial charge in [-0.05, 0) is 48.4 Å². The van der Waals surface area contributed by atoms with E-state index >= 15 is 0 Å². The fourth-order valence-corrected chi connectivity index (χ4v) is 3.77. The summed E-state index contributed by atoms with van der Waals surface area (Å²) in [4.78, 5) is 17.9. The monoisotopic (exact) mass is 446 g/mol. The molecule has 0 atom stereocenters. The third-order valence-electron chi connectivity index (χ3n) is 5.23. The Morgan fingerprint density at radius 3 is 2.47 bits per heavy atom. The molecule has 1 heterocycles. The normalized spacial score (nSPS) is 10.7. The first-order valence-electron chi connectivity index (χ1n) is 10.2. The Hall–Kier alpha value is -3.57. The fourth-order valence-electron chi connectivity index (χ4n) is 3.59. The van der Waals surface area contributed by atoms with E-state index in [9.17, 15) is 4.79 Å². The second-order valence-electron chi connectivity index (χ2n) is 7.28. The highest BCUT2D eigenvalue weighted by Gasteiger charge is 2.15. The van der Waals surface area contributed by atoms with Crippen LogP contribution < -0.4 is 14.8 Å². The van der Waals surface area contributed by atoms with Crippen LogP contribution in [0, 0.1) is 0 Å². The van der Waals surface area contributed by atoms with Crippen LogP contribution in [0.3, 0.4) is 0 Å². The molecule has 0 saturated carbocycles. The Balaban J connectivity index is 1.58. The predicted molar refractivity (Wildman–Crippen MR) is 128 cm³/mol. The second kappa shape index (κ2) is 9.71. The highest BCUT2D eigenvalue weighted by molar-refractivity contribution is 6.31. The molecule has 162 valence electrons. The Kier molecular flexibility index (Phi) is 6.57. The van der Waals surface area contributed by atoms with E-state index in [-0.39, 0.29) is 5.91 Å². The van der Waals surface area contributed by atoms with Gasteiger partial charge in [0.2, 0.25) is 0 Å². The third kappa shape index (κ3) is 4.68. The summed E-state index contributed by atoms with van der Waals surface area (Å²) < 4.78 is 10.6. The summed E-state index contributed by atoms with van der Waals surface area (Å²) >= 11 is 6.21. The van der Waals surface area contributed by atoms with Crippen LogP contribution in [-0.4, -0.2) is 31.7 Å². The van der Waals surface area contributed by atoms with E-state index in [2.05, 4.69) is 5.32 Å². The molecule has 0 saturated heterocycles. The second-order valence-corrected chi connectivity index (χ2v) is 7.71. The lowest BCUT2D eigenvalue weighted by molar-refractivity contribution is 0.0955. The molecule has 5 nitrogen and oxygen atoms in total. The molecule has 0 radical (unpaired) electrons. The highest BCUT2D eigenvalue weighted by Crippen LogP contribution is 2.28. The first kappa shape index (κ1) is 21.7. The van der Waals surface area contributed by atoms with Crippen molar-refractivity contribution >= 4 is 28.4 Å². The Morgan fingerprint density at radius 1 is 0.938 bits per heavy atom. The Labute approximate surface area is 192 Å². The number of carbonyl (C=O) groups is 1. The van der Waals surface area contributed by atoms with Gasteiger partial charge in [-0.1, -0.05) is 48.0 Å². The number of ether oxygens (including phenoxy) is 2. The summed E-state index contributed by atoms with van der Waals surface area (Å²) in [6, 6.07) is 22.8. The standard InChI is InChI=1S/C26H23ClN2O3/c1-31-24-11-8-17(14-25(24)32-2)12-13-28-26(30)21-16-23(18-6-4-3-5-7-18)29-22-10-9-19(27)15-20(21)22/h3-11,14-16H,12-13H2,1-2H3,(H,28,30). The van der Waals surface area contributed by atoms with E-state index in [1.807, 2.05) is 60.7 Å². The van der Waals surface area contributed by atoms with Gasteiger partial charge < -0.3 is 14.8 Å². The minimum atomic E-state index is -0.169. The number of hydrogen-bond donors (Lipinski definition) is 1. The molecular formula is C26H23ClN2O3. The van der Waals surface area contributed by atoms with Crippen LogP contribution >= 0.6 is 11.6 Å². The van der Waals surface area contributed by atoms with Crippen LogP contribution in [0.4, 0.5) is 0 Å². The molecule has 6 heteroatoms. The molecule has 0 aliphatic carbocycles. The number of nitrogens with one attached hydrogen (secondary N) is 1. The van der Waals surface area contributed by atoms with Crippen LogP contribution in [0.5, 0.6) is 11.5 Å². The Bertz CT molecular complexity index is 1260. The van der Waals surface area contributed by atoms with Gasteiger partial charge in [0.05, 0.1) is 31.0 Å². The quantitative estimate of drug-likeness (QED) is 0.404. The number of pyridine rings is 1. The molecule has 4 aromatic rings. The van der Waals surface area contributed by atoms with Gasteiger partial charge in [-0.15, -0.1) is 0 Å². The number of amides is 1. The molecule has 32 heavy (non-hydrogen) atoms. The molecule has 1 aromatic heterocycles. The van der Waals surface area contributed by atoms with E-state index < -0.39 is 0 Å². The molecule has 0 aliphatic rings. The summed E-state index contributed by atoms with van der Waals surface area (Å²) in [6.07, 6.45) is 0.654. The fraction of sp³-hybridized carbons (Fsp3) is 0.154. The van der Waals surface area contributed by atoms with Gasteiger partial charge in [0, 0.05) is 22.5 Å². The number of benzene rings is 3. The molecule has 1 amide bonds. The number of hydrogen-bond acceptors (Lipinski definition) is 4. The minimum absolute atomic E-state index is 0.169. The van der Waals surface area contributed by atoms with Gasteiger partial charge in [-0.3, -0.25) is 4.79 Å². The molecule has 0 fully saturated rings. The van der Waals surface area contributed by atoms with Crippen molar-refractivity contribution < 1.29 is 14.3 Å². The zero-order chi connectivity index (χ0) is 22.5.